The Morgan fingerprint density at radius 1 is 1.29 bits per heavy atom. The van der Waals surface area contributed by atoms with Crippen LogP contribution in [0.2, 0.25) is 0 Å². The molecule has 1 atom stereocenters. The fourth-order valence-corrected chi connectivity index (χ4v) is 3.90. The normalized spacial score (nSPS) is 16.4. The highest BCUT2D eigenvalue weighted by Gasteiger charge is 2.42. The van der Waals surface area contributed by atoms with Gasteiger partial charge in [-0.1, -0.05) is 37.0 Å². The van der Waals surface area contributed by atoms with Gasteiger partial charge >= 0.3 is 5.97 Å². The summed E-state index contributed by atoms with van der Waals surface area (Å²) in [6, 6.07) is 5.64. The number of unbranched alkanes of at least 4 members (excludes halogenated alkanes) is 2. The van der Waals surface area contributed by atoms with Gasteiger partial charge in [0.2, 0.25) is 0 Å². The second-order valence-corrected chi connectivity index (χ2v) is 8.20. The lowest BCUT2D eigenvalue weighted by atomic mass is 10.2. The van der Waals surface area contributed by atoms with E-state index in [1.807, 2.05) is 0 Å². The molecule has 2 N–H and O–H groups in total. The molecule has 31 heavy (non-hydrogen) atoms. The number of rotatable bonds is 12. The highest BCUT2D eigenvalue weighted by molar-refractivity contribution is 8.00. The number of hydrogen-bond acceptors (Lipinski definition) is 7. The summed E-state index contributed by atoms with van der Waals surface area (Å²) in [6.45, 7) is 2.86. The minimum absolute atomic E-state index is 0.0206. The number of nitrogens with two attached hydrogens (primary N) is 1. The average molecular weight is 447 g/mol. The first-order valence-corrected chi connectivity index (χ1v) is 11.2. The third kappa shape index (κ3) is 7.62. The first-order chi connectivity index (χ1) is 15.0. The Morgan fingerprint density at radius 2 is 2.03 bits per heavy atom. The van der Waals surface area contributed by atoms with Gasteiger partial charge in [0.15, 0.2) is 0 Å². The molecule has 166 valence electrons. The van der Waals surface area contributed by atoms with Crippen molar-refractivity contribution < 1.29 is 19.2 Å². The van der Waals surface area contributed by atoms with Crippen LogP contribution >= 0.6 is 11.8 Å². The van der Waals surface area contributed by atoms with Crippen molar-refractivity contribution in [1.82, 2.24) is 5.06 Å². The quantitative estimate of drug-likeness (QED) is 0.0978. The summed E-state index contributed by atoms with van der Waals surface area (Å²) in [5, 5.41) is 3.35. The molecule has 0 bridgehead atoms. The Labute approximate surface area is 184 Å². The first-order valence-electron chi connectivity index (χ1n) is 10.1. The van der Waals surface area contributed by atoms with Crippen molar-refractivity contribution in [2.45, 2.75) is 50.7 Å². The Morgan fingerprint density at radius 3 is 2.71 bits per heavy atom. The predicted molar refractivity (Wildman–Crippen MR) is 119 cm³/mol. The van der Waals surface area contributed by atoms with E-state index in [2.05, 4.69) is 21.9 Å². The molecule has 1 aliphatic rings. The van der Waals surface area contributed by atoms with Crippen molar-refractivity contribution >= 4 is 41.1 Å². The first kappa shape index (κ1) is 24.2. The average Bonchev–Trinajstić information content (AvgIpc) is 3.02. The smallest absolute Gasteiger partial charge is 0.363 e. The summed E-state index contributed by atoms with van der Waals surface area (Å²) >= 11 is 1.34. The van der Waals surface area contributed by atoms with Crippen LogP contribution in [0.15, 0.2) is 34.4 Å². The maximum atomic E-state index is 12.5. The van der Waals surface area contributed by atoms with Gasteiger partial charge in [0.05, 0.1) is 23.1 Å². The van der Waals surface area contributed by atoms with Gasteiger partial charge in [-0.25, -0.2) is 4.79 Å². The standard InChI is InChI=1S/C20H26N6O4S/c1-2-3-4-11-23-17(21)6-5-12-31-16-13-18(27)26(19(16)28)30-20(29)14-7-9-15(10-8-14)24-25-22/h7-10,16H,2-6,11-13H2,1H3,(H2,21,23). The Hall–Kier alpha value is -3.04. The molecular weight excluding hydrogens is 420 g/mol. The van der Waals surface area contributed by atoms with E-state index in [0.29, 0.717) is 28.8 Å². The molecule has 0 aromatic heterocycles. The molecule has 1 aromatic rings. The van der Waals surface area contributed by atoms with Crippen molar-refractivity contribution in [3.63, 3.8) is 0 Å². The van der Waals surface area contributed by atoms with Crippen LogP contribution in [-0.4, -0.2) is 46.2 Å². The van der Waals surface area contributed by atoms with E-state index in [1.54, 1.807) is 0 Å². The molecule has 1 aromatic carbocycles. The lowest BCUT2D eigenvalue weighted by molar-refractivity contribution is -0.172. The number of nitrogens with zero attached hydrogens (tertiary/aromatic N) is 5. The lowest BCUT2D eigenvalue weighted by Crippen LogP contribution is -2.34. The van der Waals surface area contributed by atoms with Crippen LogP contribution in [0.25, 0.3) is 10.4 Å². The lowest BCUT2D eigenvalue weighted by Gasteiger charge is -2.13. The van der Waals surface area contributed by atoms with Gasteiger partial charge in [0.1, 0.15) is 0 Å². The SMILES string of the molecule is CCCCCN=C(N)CCCSC1CC(=O)N(OC(=O)c2ccc(N=[N+]=[N-])cc2)C1=O. The summed E-state index contributed by atoms with van der Waals surface area (Å²) in [6.07, 6.45) is 4.65. The molecule has 10 nitrogen and oxygen atoms in total. The Balaban J connectivity index is 1.78. The van der Waals surface area contributed by atoms with Crippen LogP contribution in [0, 0.1) is 0 Å². The van der Waals surface area contributed by atoms with Gasteiger partial charge in [-0.05, 0) is 36.3 Å². The molecule has 2 amide bonds. The Kier molecular flexibility index (Phi) is 9.86. The molecule has 2 rings (SSSR count). The van der Waals surface area contributed by atoms with Gasteiger partial charge in [-0.15, -0.1) is 16.8 Å². The largest absolute Gasteiger partial charge is 0.387 e. The van der Waals surface area contributed by atoms with Gasteiger partial charge in [-0.3, -0.25) is 14.6 Å². The van der Waals surface area contributed by atoms with Gasteiger partial charge in [0.25, 0.3) is 11.8 Å². The summed E-state index contributed by atoms with van der Waals surface area (Å²) in [5.41, 5.74) is 14.7. The maximum Gasteiger partial charge on any atom is 0.363 e. The fourth-order valence-electron chi connectivity index (χ4n) is 2.80. The van der Waals surface area contributed by atoms with Crippen LogP contribution in [-0.2, 0) is 14.4 Å². The van der Waals surface area contributed by atoms with Crippen molar-refractivity contribution in [3.05, 3.63) is 40.3 Å². The third-order valence-corrected chi connectivity index (χ3v) is 5.77. The Bertz CT molecular complexity index is 867. The summed E-state index contributed by atoms with van der Waals surface area (Å²) < 4.78 is 0. The molecule has 1 saturated heterocycles. The molecular formula is C20H26N6O4S. The van der Waals surface area contributed by atoms with Crippen molar-refractivity contribution in [3.8, 4) is 0 Å². The van der Waals surface area contributed by atoms with Crippen LogP contribution in [0.3, 0.4) is 0 Å². The molecule has 0 aliphatic carbocycles. The van der Waals surface area contributed by atoms with Crippen molar-refractivity contribution in [2.24, 2.45) is 15.8 Å². The second kappa shape index (κ2) is 12.6. The number of azide groups is 1. The van der Waals surface area contributed by atoms with Gasteiger partial charge in [0, 0.05) is 23.6 Å². The highest BCUT2D eigenvalue weighted by Crippen LogP contribution is 2.27. The number of carbonyl (C=O) groups excluding carboxylic acids is 3. The number of carbonyl (C=O) groups is 3. The number of aliphatic imine (C=N–C) groups is 1. The number of benzene rings is 1. The van der Waals surface area contributed by atoms with E-state index in [1.165, 1.54) is 36.0 Å². The van der Waals surface area contributed by atoms with E-state index in [9.17, 15) is 14.4 Å². The molecule has 0 saturated carbocycles. The third-order valence-electron chi connectivity index (χ3n) is 4.47. The van der Waals surface area contributed by atoms with Crippen LogP contribution in [0.4, 0.5) is 5.69 Å². The number of hydrogen-bond donors (Lipinski definition) is 1. The number of amides is 2. The topological polar surface area (TPSA) is 151 Å². The van der Waals surface area contributed by atoms with E-state index in [0.717, 1.165) is 32.2 Å². The minimum Gasteiger partial charge on any atom is -0.387 e. The zero-order chi connectivity index (χ0) is 22.6. The molecule has 0 radical (unpaired) electrons. The number of hydroxylamine groups is 2. The highest BCUT2D eigenvalue weighted by atomic mass is 32.2. The van der Waals surface area contributed by atoms with Gasteiger partial charge in [-0.2, -0.15) is 0 Å². The fraction of sp³-hybridized carbons (Fsp3) is 0.500. The van der Waals surface area contributed by atoms with E-state index < -0.39 is 23.0 Å². The number of amidine groups is 1. The van der Waals surface area contributed by atoms with Crippen molar-refractivity contribution in [1.29, 1.82) is 0 Å². The van der Waals surface area contributed by atoms with Crippen LogP contribution in [0.1, 0.15) is 55.8 Å². The molecule has 1 unspecified atom stereocenters. The maximum absolute atomic E-state index is 12.5. The monoisotopic (exact) mass is 446 g/mol. The minimum atomic E-state index is -0.841. The van der Waals surface area contributed by atoms with E-state index in [-0.39, 0.29) is 12.0 Å². The summed E-state index contributed by atoms with van der Waals surface area (Å²) in [5.74, 6) is -0.703. The zero-order valence-corrected chi connectivity index (χ0v) is 18.2. The molecule has 1 heterocycles. The van der Waals surface area contributed by atoms with Crippen molar-refractivity contribution in [2.75, 3.05) is 12.3 Å². The summed E-state index contributed by atoms with van der Waals surface area (Å²) in [7, 11) is 0. The van der Waals surface area contributed by atoms with Crippen LogP contribution < -0.4 is 5.73 Å². The van der Waals surface area contributed by atoms with Crippen LogP contribution in [0.5, 0.6) is 0 Å². The molecule has 1 fully saturated rings. The number of imide groups is 1. The molecule has 1 aliphatic heterocycles. The summed E-state index contributed by atoms with van der Waals surface area (Å²) in [4.78, 5) is 48.8. The van der Waals surface area contributed by atoms with E-state index in [4.69, 9.17) is 16.1 Å². The molecule has 0 spiro atoms. The number of thioether (sulfide) groups is 1. The second-order valence-electron chi connectivity index (χ2n) is 6.89. The zero-order valence-electron chi connectivity index (χ0n) is 17.4. The van der Waals surface area contributed by atoms with Gasteiger partial charge < -0.3 is 10.6 Å². The van der Waals surface area contributed by atoms with E-state index >= 15 is 0 Å². The molecule has 11 heteroatoms. The predicted octanol–water partition coefficient (Wildman–Crippen LogP) is 3.89.